The number of phenolic OH excluding ortho intramolecular Hbond substituents is 2. The van der Waals surface area contributed by atoms with Crippen LogP contribution in [0.3, 0.4) is 0 Å². The van der Waals surface area contributed by atoms with Crippen LogP contribution in [0.4, 0.5) is 0 Å². The molecule has 0 spiro atoms. The Balaban J connectivity index is 2.38. The molecule has 0 aliphatic carbocycles. The number of hydrogen-bond donors (Lipinski definition) is 16. The minimum Gasteiger partial charge on any atom is -0.508 e. The topological polar surface area (TPSA) is 450 Å². The molecule has 27 nitrogen and oxygen atoms in total. The van der Waals surface area contributed by atoms with Gasteiger partial charge < -0.3 is 85.5 Å². The number of carbonyl (C=O) groups excluding carboxylic acids is 9. The summed E-state index contributed by atoms with van der Waals surface area (Å²) in [4.78, 5) is 140. The SMILES string of the molecule is CSCC[C@H](N)C(=O)N[C@@H](CCCN=C(N)N)C(=O)N[C@@H](Cc1ccc(O)cc1)C(=O)N[C@H](C(=O)N[C@@H](C)C(=O)N[C@@H](CO)C(=O)N[C@@H](Cc1ccc(O)cc1)C(=O)N[C@@H](CC(C)C)C(=O)N[C@@H](CC(C)C)C(=O)N[C@@H](C)C(=O)O)C(C)C. The van der Waals surface area contributed by atoms with E-state index in [1.165, 1.54) is 74.1 Å². The van der Waals surface area contributed by atoms with E-state index in [1.54, 1.807) is 41.5 Å². The predicted octanol–water partition coefficient (Wildman–Crippen LogP) is -1.75. The predicted molar refractivity (Wildman–Crippen MR) is 312 cm³/mol. The Morgan fingerprint density at radius 3 is 1.34 bits per heavy atom. The molecule has 0 aliphatic rings. The number of nitrogens with one attached hydrogen (secondary N) is 9. The van der Waals surface area contributed by atoms with Gasteiger partial charge in [-0.3, -0.25) is 52.9 Å². The summed E-state index contributed by atoms with van der Waals surface area (Å²) in [6, 6.07) is -1.85. The van der Waals surface area contributed by atoms with Crippen molar-refractivity contribution in [3.05, 3.63) is 59.7 Å². The van der Waals surface area contributed by atoms with Crippen LogP contribution in [0.2, 0.25) is 0 Å². The average Bonchev–Trinajstić information content (AvgIpc) is 3.55. The molecule has 0 aliphatic heterocycles. The first kappa shape index (κ1) is 71.4. The summed E-state index contributed by atoms with van der Waals surface area (Å²) in [6.07, 6.45) is 2.22. The molecule has 9 amide bonds. The molecule has 0 saturated carbocycles. The Hall–Kier alpha value is -7.72. The molecule has 0 fully saturated rings. The largest absolute Gasteiger partial charge is 0.508 e. The van der Waals surface area contributed by atoms with E-state index in [0.717, 1.165) is 0 Å². The highest BCUT2D eigenvalue weighted by Gasteiger charge is 2.36. The van der Waals surface area contributed by atoms with Gasteiger partial charge in [-0.2, -0.15) is 11.8 Å². The normalized spacial score (nSPS) is 14.8. The Labute approximate surface area is 488 Å². The van der Waals surface area contributed by atoms with Crippen molar-refractivity contribution in [3.63, 3.8) is 0 Å². The lowest BCUT2D eigenvalue weighted by atomic mass is 9.99. The van der Waals surface area contributed by atoms with Crippen LogP contribution in [-0.2, 0) is 60.8 Å². The van der Waals surface area contributed by atoms with Gasteiger partial charge in [-0.05, 0) is 111 Å². The number of benzene rings is 2. The number of aliphatic hydroxyl groups is 1. The molecule has 2 aromatic rings. The van der Waals surface area contributed by atoms with Gasteiger partial charge in [0, 0.05) is 19.4 Å². The zero-order valence-electron chi connectivity index (χ0n) is 48.7. The van der Waals surface area contributed by atoms with E-state index < -0.39 is 132 Å². The molecule has 2 aromatic carbocycles. The number of aliphatic imine (C=N–C) groups is 1. The Morgan fingerprint density at radius 2 is 0.904 bits per heavy atom. The average molecular weight is 1190 g/mol. The number of carboxylic acid groups (broad SMARTS) is 1. The molecule has 83 heavy (non-hydrogen) atoms. The first-order valence-corrected chi connectivity index (χ1v) is 28.8. The van der Waals surface area contributed by atoms with Gasteiger partial charge in [0.2, 0.25) is 53.2 Å². The number of aliphatic hydroxyl groups excluding tert-OH is 1. The maximum atomic E-state index is 14.3. The molecule has 0 aromatic heterocycles. The standard InChI is InChI=1S/C55H87N13O14S/c1-28(2)23-39(48(75)61-32(8)54(81)82)63-49(76)40(24-29(3)4)64-50(77)41(25-33-12-16-35(70)17-13-33)66-52(79)43(27-69)67-45(72)31(7)60-53(80)44(30(5)6)68-51(78)42(26-34-14-18-36(71)19-15-34)65-47(74)38(11-10-21-59-55(57)58)62-46(73)37(56)20-22-83-9/h12-19,28-32,37-44,69-71H,10-11,20-27,56H2,1-9H3,(H,60,80)(H,61,75)(H,62,73)(H,63,76)(H,64,77)(H,65,74)(H,66,79)(H,67,72)(H,68,78)(H,81,82)(H4,57,58,59)/t31-,32-,37-,38-,39-,40-,41-,42-,43-,44-/m0/s1. The van der Waals surface area contributed by atoms with Gasteiger partial charge in [-0.25, -0.2) is 0 Å². The maximum absolute atomic E-state index is 14.3. The van der Waals surface area contributed by atoms with E-state index >= 15 is 0 Å². The molecule has 2 rings (SSSR count). The van der Waals surface area contributed by atoms with Gasteiger partial charge in [0.25, 0.3) is 0 Å². The van der Waals surface area contributed by atoms with Gasteiger partial charge in [0.1, 0.15) is 65.9 Å². The first-order valence-electron chi connectivity index (χ1n) is 27.4. The molecular weight excluding hydrogens is 1100 g/mol. The van der Waals surface area contributed by atoms with E-state index in [2.05, 4.69) is 52.8 Å². The molecule has 10 atom stereocenters. The third-order valence-corrected chi connectivity index (χ3v) is 13.4. The number of amides is 9. The van der Waals surface area contributed by atoms with Crippen molar-refractivity contribution in [2.75, 3.05) is 25.2 Å². The molecule has 28 heteroatoms. The van der Waals surface area contributed by atoms with Gasteiger partial charge in [0.15, 0.2) is 5.96 Å². The van der Waals surface area contributed by atoms with Crippen molar-refractivity contribution in [1.29, 1.82) is 0 Å². The van der Waals surface area contributed by atoms with E-state index in [9.17, 15) is 68.4 Å². The number of thioether (sulfide) groups is 1. The van der Waals surface area contributed by atoms with E-state index in [4.69, 9.17) is 17.2 Å². The summed E-state index contributed by atoms with van der Waals surface area (Å²) in [5.41, 5.74) is 18.0. The molecule has 0 radical (unpaired) electrons. The fourth-order valence-corrected chi connectivity index (χ4v) is 8.59. The Morgan fingerprint density at radius 1 is 0.506 bits per heavy atom. The summed E-state index contributed by atoms with van der Waals surface area (Å²) in [5, 5.41) is 62.7. The van der Waals surface area contributed by atoms with Crippen molar-refractivity contribution in [2.24, 2.45) is 39.9 Å². The summed E-state index contributed by atoms with van der Waals surface area (Å²) in [6.45, 7) is 12.0. The molecule has 19 N–H and O–H groups in total. The molecule has 462 valence electrons. The Bertz CT molecular complexity index is 2520. The van der Waals surface area contributed by atoms with Crippen LogP contribution in [0.25, 0.3) is 0 Å². The quantitative estimate of drug-likeness (QED) is 0.0204. The lowest BCUT2D eigenvalue weighted by molar-refractivity contribution is -0.142. The second-order valence-corrected chi connectivity index (χ2v) is 22.4. The highest BCUT2D eigenvalue weighted by atomic mass is 32.2. The zero-order chi connectivity index (χ0) is 62.7. The third kappa shape index (κ3) is 26.4. The molecular formula is C55H87N13O14S. The first-order chi connectivity index (χ1) is 39.0. The summed E-state index contributed by atoms with van der Waals surface area (Å²) < 4.78 is 0. The number of carbonyl (C=O) groups is 10. The van der Waals surface area contributed by atoms with Crippen LogP contribution < -0.4 is 65.1 Å². The smallest absolute Gasteiger partial charge is 0.325 e. The van der Waals surface area contributed by atoms with Crippen molar-refractivity contribution in [3.8, 4) is 11.5 Å². The van der Waals surface area contributed by atoms with Crippen molar-refractivity contribution < 1.29 is 68.4 Å². The molecule has 0 unspecified atom stereocenters. The van der Waals surface area contributed by atoms with Gasteiger partial charge in [-0.1, -0.05) is 65.8 Å². The fourth-order valence-electron chi connectivity index (χ4n) is 8.10. The number of nitrogens with zero attached hydrogens (tertiary/aromatic N) is 1. The summed E-state index contributed by atoms with van der Waals surface area (Å²) >= 11 is 1.48. The number of nitrogens with two attached hydrogens (primary N) is 3. The highest BCUT2D eigenvalue weighted by Crippen LogP contribution is 2.16. The number of rotatable bonds is 36. The number of hydrogen-bond acceptors (Lipinski definition) is 16. The second kappa shape index (κ2) is 36.0. The number of guanidine groups is 1. The van der Waals surface area contributed by atoms with Crippen LogP contribution >= 0.6 is 11.8 Å². The number of carboxylic acids is 1. The van der Waals surface area contributed by atoms with Crippen LogP contribution in [0.15, 0.2) is 53.5 Å². The summed E-state index contributed by atoms with van der Waals surface area (Å²) in [7, 11) is 0. The van der Waals surface area contributed by atoms with Gasteiger partial charge >= 0.3 is 5.97 Å². The number of phenols is 2. The zero-order valence-corrected chi connectivity index (χ0v) is 49.5. The maximum Gasteiger partial charge on any atom is 0.325 e. The number of aromatic hydroxyl groups is 2. The second-order valence-electron chi connectivity index (χ2n) is 21.4. The van der Waals surface area contributed by atoms with Crippen LogP contribution in [-0.4, -0.2) is 171 Å². The van der Waals surface area contributed by atoms with E-state index in [-0.39, 0.29) is 74.4 Å². The lowest BCUT2D eigenvalue weighted by Crippen LogP contribution is -2.61. The van der Waals surface area contributed by atoms with E-state index in [0.29, 0.717) is 23.3 Å². The van der Waals surface area contributed by atoms with Crippen molar-refractivity contribution >= 4 is 76.9 Å². The Kier molecular flexibility index (Phi) is 31.0. The number of aliphatic carboxylic acids is 1. The fraction of sp³-hybridized carbons (Fsp3) is 0.582. The minimum absolute atomic E-state index is 0.0321. The lowest BCUT2D eigenvalue weighted by Gasteiger charge is -2.28. The van der Waals surface area contributed by atoms with Gasteiger partial charge in [-0.15, -0.1) is 0 Å². The van der Waals surface area contributed by atoms with Crippen LogP contribution in [0, 0.1) is 17.8 Å². The van der Waals surface area contributed by atoms with E-state index in [1.807, 2.05) is 6.26 Å². The third-order valence-electron chi connectivity index (χ3n) is 12.8. The van der Waals surface area contributed by atoms with Crippen molar-refractivity contribution in [2.45, 2.75) is 161 Å². The molecule has 0 heterocycles. The molecule has 0 saturated heterocycles. The minimum atomic E-state index is -1.73. The monoisotopic (exact) mass is 1190 g/mol. The van der Waals surface area contributed by atoms with Gasteiger partial charge in [0.05, 0.1) is 12.6 Å². The molecule has 0 bridgehead atoms. The highest BCUT2D eigenvalue weighted by molar-refractivity contribution is 7.98. The van der Waals surface area contributed by atoms with Crippen LogP contribution in [0.1, 0.15) is 98.6 Å². The summed E-state index contributed by atoms with van der Waals surface area (Å²) in [5.74, 6) is -9.60. The van der Waals surface area contributed by atoms with Crippen molar-refractivity contribution in [1.82, 2.24) is 47.9 Å². The van der Waals surface area contributed by atoms with Crippen LogP contribution in [0.5, 0.6) is 11.5 Å².